The Labute approximate surface area is 131 Å². The van der Waals surface area contributed by atoms with Gasteiger partial charge in [-0.3, -0.25) is 0 Å². The Balaban J connectivity index is 1.78. The summed E-state index contributed by atoms with van der Waals surface area (Å²) in [5.41, 5.74) is 1.96. The molecule has 22 heavy (non-hydrogen) atoms. The first-order valence-corrected chi connectivity index (χ1v) is 8.09. The first kappa shape index (κ1) is 13.6. The molecule has 4 nitrogen and oxygen atoms in total. The van der Waals surface area contributed by atoms with E-state index in [1.807, 2.05) is 0 Å². The molecule has 0 aliphatic carbocycles. The van der Waals surface area contributed by atoms with Crippen LogP contribution in [0.25, 0.3) is 20.7 Å². The smallest absolute Gasteiger partial charge is 0.150 e. The number of anilines is 1. The van der Waals surface area contributed by atoms with Crippen molar-refractivity contribution in [3.8, 4) is 10.4 Å². The van der Waals surface area contributed by atoms with Crippen LogP contribution in [0, 0.1) is 5.82 Å². The van der Waals surface area contributed by atoms with Gasteiger partial charge in [0.1, 0.15) is 18.0 Å². The molecular weight excluding hydrogens is 299 g/mol. The molecule has 3 aromatic rings. The van der Waals surface area contributed by atoms with Crippen LogP contribution in [0.4, 0.5) is 10.2 Å². The Kier molecular flexibility index (Phi) is 3.48. The van der Waals surface area contributed by atoms with Gasteiger partial charge in [0.2, 0.25) is 0 Å². The number of piperazine rings is 1. The number of nitrogens with zero attached hydrogens (tertiary/aromatic N) is 3. The zero-order chi connectivity index (χ0) is 14.9. The van der Waals surface area contributed by atoms with E-state index >= 15 is 0 Å². The van der Waals surface area contributed by atoms with E-state index in [2.05, 4.69) is 26.3 Å². The Hall–Kier alpha value is -2.05. The van der Waals surface area contributed by atoms with Crippen molar-refractivity contribution in [2.75, 3.05) is 31.1 Å². The van der Waals surface area contributed by atoms with Gasteiger partial charge in [-0.25, -0.2) is 14.4 Å². The summed E-state index contributed by atoms with van der Waals surface area (Å²) in [5, 5.41) is 3.35. The summed E-state index contributed by atoms with van der Waals surface area (Å²) < 4.78 is 14.2. The molecule has 1 aromatic carbocycles. The minimum atomic E-state index is -0.217. The monoisotopic (exact) mass is 314 g/mol. The zero-order valence-corrected chi connectivity index (χ0v) is 12.7. The van der Waals surface area contributed by atoms with Crippen molar-refractivity contribution in [2.24, 2.45) is 0 Å². The third-order valence-corrected chi connectivity index (χ3v) is 5.01. The fraction of sp³-hybridized carbons (Fsp3) is 0.250. The largest absolute Gasteiger partial charge is 0.353 e. The average Bonchev–Trinajstić information content (AvgIpc) is 3.00. The van der Waals surface area contributed by atoms with E-state index in [1.54, 1.807) is 29.8 Å². The average molecular weight is 314 g/mol. The summed E-state index contributed by atoms with van der Waals surface area (Å²) in [5.74, 6) is 0.788. The summed E-state index contributed by atoms with van der Waals surface area (Å²) in [6, 6.07) is 8.64. The number of benzene rings is 1. The van der Waals surface area contributed by atoms with Gasteiger partial charge in [-0.2, -0.15) is 0 Å². The van der Waals surface area contributed by atoms with Gasteiger partial charge in [-0.1, -0.05) is 12.1 Å². The summed E-state index contributed by atoms with van der Waals surface area (Å²) in [6.45, 7) is 3.86. The highest BCUT2D eigenvalue weighted by molar-refractivity contribution is 7.22. The molecule has 1 N–H and O–H groups in total. The number of hydrogen-bond donors (Lipinski definition) is 1. The second kappa shape index (κ2) is 5.62. The van der Waals surface area contributed by atoms with Gasteiger partial charge in [0.05, 0.1) is 10.2 Å². The van der Waals surface area contributed by atoms with Gasteiger partial charge in [0.25, 0.3) is 0 Å². The zero-order valence-electron chi connectivity index (χ0n) is 11.9. The number of fused-ring (bicyclic) bond motifs is 1. The number of halogens is 1. The van der Waals surface area contributed by atoms with Crippen LogP contribution in [0.3, 0.4) is 0 Å². The van der Waals surface area contributed by atoms with E-state index < -0.39 is 0 Å². The summed E-state index contributed by atoms with van der Waals surface area (Å²) in [7, 11) is 0. The minimum absolute atomic E-state index is 0.217. The van der Waals surface area contributed by atoms with E-state index in [0.717, 1.165) is 52.7 Å². The highest BCUT2D eigenvalue weighted by Gasteiger charge is 2.17. The van der Waals surface area contributed by atoms with Crippen molar-refractivity contribution in [2.45, 2.75) is 0 Å². The molecule has 3 heterocycles. The lowest BCUT2D eigenvalue weighted by Gasteiger charge is -2.28. The lowest BCUT2D eigenvalue weighted by Crippen LogP contribution is -2.43. The first-order valence-electron chi connectivity index (χ1n) is 7.27. The van der Waals surface area contributed by atoms with Crippen molar-refractivity contribution in [3.05, 3.63) is 42.5 Å². The molecule has 6 heteroatoms. The van der Waals surface area contributed by atoms with Crippen LogP contribution in [0.15, 0.2) is 36.7 Å². The van der Waals surface area contributed by atoms with Crippen molar-refractivity contribution in [1.29, 1.82) is 0 Å². The highest BCUT2D eigenvalue weighted by atomic mass is 32.1. The Morgan fingerprint density at radius 1 is 1.09 bits per heavy atom. The van der Waals surface area contributed by atoms with Crippen molar-refractivity contribution < 1.29 is 4.39 Å². The molecule has 1 aliphatic rings. The molecule has 2 aromatic heterocycles. The lowest BCUT2D eigenvalue weighted by molar-refractivity contribution is 0.586. The summed E-state index contributed by atoms with van der Waals surface area (Å²) >= 11 is 1.67. The van der Waals surface area contributed by atoms with Gasteiger partial charge < -0.3 is 10.2 Å². The topological polar surface area (TPSA) is 41.1 Å². The van der Waals surface area contributed by atoms with Gasteiger partial charge in [-0.05, 0) is 23.8 Å². The third kappa shape index (κ3) is 2.44. The molecule has 0 radical (unpaired) electrons. The Bertz CT molecular complexity index is 794. The molecule has 0 atom stereocenters. The predicted octanol–water partition coefficient (Wildman–Crippen LogP) is 2.91. The molecule has 0 amide bonds. The molecule has 1 saturated heterocycles. The van der Waals surface area contributed by atoms with Crippen molar-refractivity contribution in [3.63, 3.8) is 0 Å². The van der Waals surface area contributed by atoms with Crippen LogP contribution in [-0.4, -0.2) is 36.1 Å². The van der Waals surface area contributed by atoms with E-state index in [9.17, 15) is 4.39 Å². The lowest BCUT2D eigenvalue weighted by atomic mass is 10.2. The molecule has 1 fully saturated rings. The van der Waals surface area contributed by atoms with Crippen LogP contribution in [0.1, 0.15) is 0 Å². The van der Waals surface area contributed by atoms with E-state index in [4.69, 9.17) is 0 Å². The second-order valence-electron chi connectivity index (χ2n) is 5.27. The quantitative estimate of drug-likeness (QED) is 0.790. The maximum atomic E-state index is 13.1. The standard InChI is InChI=1S/C16H15FN4S/c17-12-3-1-11(2-4-12)14-9-13-15(22-14)16(20-10-19-13)21-7-5-18-6-8-21/h1-4,9-10,18H,5-8H2. The number of nitrogens with one attached hydrogen (secondary N) is 1. The highest BCUT2D eigenvalue weighted by Crippen LogP contribution is 2.36. The molecular formula is C16H15FN4S. The fourth-order valence-corrected chi connectivity index (χ4v) is 3.83. The fourth-order valence-electron chi connectivity index (χ4n) is 2.70. The SMILES string of the molecule is Fc1ccc(-c2cc3ncnc(N4CCNCC4)c3s2)cc1. The van der Waals surface area contributed by atoms with Crippen LogP contribution >= 0.6 is 11.3 Å². The Morgan fingerprint density at radius 2 is 1.86 bits per heavy atom. The minimum Gasteiger partial charge on any atom is -0.353 e. The molecule has 0 unspecified atom stereocenters. The maximum absolute atomic E-state index is 13.1. The van der Waals surface area contributed by atoms with E-state index in [1.165, 1.54) is 12.1 Å². The summed E-state index contributed by atoms with van der Waals surface area (Å²) in [6.07, 6.45) is 1.63. The molecule has 4 rings (SSSR count). The second-order valence-corrected chi connectivity index (χ2v) is 6.32. The van der Waals surface area contributed by atoms with E-state index in [0.29, 0.717) is 0 Å². The maximum Gasteiger partial charge on any atom is 0.150 e. The van der Waals surface area contributed by atoms with Crippen LogP contribution in [-0.2, 0) is 0 Å². The van der Waals surface area contributed by atoms with Crippen molar-refractivity contribution >= 4 is 27.4 Å². The first-order chi connectivity index (χ1) is 10.8. The van der Waals surface area contributed by atoms with Crippen LogP contribution in [0.2, 0.25) is 0 Å². The van der Waals surface area contributed by atoms with Crippen LogP contribution < -0.4 is 10.2 Å². The molecule has 0 spiro atoms. The van der Waals surface area contributed by atoms with Gasteiger partial charge in [0, 0.05) is 31.1 Å². The van der Waals surface area contributed by atoms with Crippen molar-refractivity contribution in [1.82, 2.24) is 15.3 Å². The van der Waals surface area contributed by atoms with Gasteiger partial charge >= 0.3 is 0 Å². The number of thiophene rings is 1. The number of hydrogen-bond acceptors (Lipinski definition) is 5. The van der Waals surface area contributed by atoms with E-state index in [-0.39, 0.29) is 5.82 Å². The molecule has 0 saturated carbocycles. The van der Waals surface area contributed by atoms with Gasteiger partial charge in [-0.15, -0.1) is 11.3 Å². The van der Waals surface area contributed by atoms with Crippen LogP contribution in [0.5, 0.6) is 0 Å². The number of aromatic nitrogens is 2. The predicted molar refractivity (Wildman–Crippen MR) is 87.9 cm³/mol. The molecule has 0 bridgehead atoms. The van der Waals surface area contributed by atoms with Gasteiger partial charge in [0.15, 0.2) is 0 Å². The number of rotatable bonds is 2. The molecule has 112 valence electrons. The Morgan fingerprint density at radius 3 is 2.64 bits per heavy atom. The molecule has 1 aliphatic heterocycles. The summed E-state index contributed by atoms with van der Waals surface area (Å²) in [4.78, 5) is 12.3. The third-order valence-electron chi connectivity index (χ3n) is 3.84. The normalized spacial score (nSPS) is 15.4.